The molecule has 208 valence electrons. The maximum absolute atomic E-state index is 10.8. The Bertz CT molecular complexity index is 968. The Hall–Kier alpha value is -1.18. The minimum Gasteiger partial charge on any atom is -0.485 e. The smallest absolute Gasteiger partial charge is 0.327 e. The van der Waals surface area contributed by atoms with Gasteiger partial charge in [-0.2, -0.15) is 0 Å². The number of hydrogen-bond acceptors (Lipinski definition) is 8. The van der Waals surface area contributed by atoms with Gasteiger partial charge in [-0.05, 0) is 46.4 Å². The highest BCUT2D eigenvalue weighted by atomic mass is 31.2. The predicted molar refractivity (Wildman–Crippen MR) is 147 cm³/mol. The Balaban J connectivity index is 2.82. The fourth-order valence-corrected chi connectivity index (χ4v) is 4.98. The zero-order chi connectivity index (χ0) is 27.9. The van der Waals surface area contributed by atoms with Crippen LogP contribution in [0.25, 0.3) is 0 Å². The van der Waals surface area contributed by atoms with Gasteiger partial charge in [0.25, 0.3) is 0 Å². The summed E-state index contributed by atoms with van der Waals surface area (Å²) in [4.78, 5) is 38.3. The Morgan fingerprint density at radius 3 is 1.68 bits per heavy atom. The summed E-state index contributed by atoms with van der Waals surface area (Å²) in [6.45, 7) is 11.4. The monoisotopic (exact) mass is 556 g/mol. The van der Waals surface area contributed by atoms with Crippen molar-refractivity contribution in [2.75, 3.05) is 19.8 Å². The summed E-state index contributed by atoms with van der Waals surface area (Å²) in [5.41, 5.74) is 0.832. The van der Waals surface area contributed by atoms with E-state index in [4.69, 9.17) is 13.8 Å². The maximum atomic E-state index is 10.8. The van der Waals surface area contributed by atoms with Gasteiger partial charge >= 0.3 is 17.2 Å². The number of hydrogen-bond donors (Lipinski definition) is 5. The van der Waals surface area contributed by atoms with Crippen molar-refractivity contribution in [3.63, 3.8) is 0 Å². The molecule has 1 atom stereocenters. The van der Waals surface area contributed by atoms with Crippen LogP contribution in [-0.4, -0.2) is 44.5 Å². The quantitative estimate of drug-likeness (QED) is 0.179. The van der Waals surface area contributed by atoms with Gasteiger partial charge in [0.1, 0.15) is 11.9 Å². The summed E-state index contributed by atoms with van der Waals surface area (Å²) in [7, 11) is -5.50. The molecule has 0 fully saturated rings. The lowest BCUT2D eigenvalue weighted by Crippen LogP contribution is -2.44. The van der Waals surface area contributed by atoms with Gasteiger partial charge in [-0.25, -0.2) is 0 Å². The highest BCUT2D eigenvalue weighted by Gasteiger charge is 2.46. The molecule has 2 aromatic carbocycles. The molecule has 5 N–H and O–H groups in total. The fraction of sp³-hybridized carbons (Fsp3) is 0.556. The van der Waals surface area contributed by atoms with Crippen molar-refractivity contribution < 1.29 is 38.5 Å². The van der Waals surface area contributed by atoms with Crippen molar-refractivity contribution in [2.24, 2.45) is 5.41 Å². The lowest BCUT2D eigenvalue weighted by Gasteiger charge is -2.42. The van der Waals surface area contributed by atoms with Crippen LogP contribution < -0.4 is 4.74 Å². The Morgan fingerprint density at radius 1 is 0.730 bits per heavy atom. The van der Waals surface area contributed by atoms with Crippen molar-refractivity contribution in [1.29, 1.82) is 0 Å². The van der Waals surface area contributed by atoms with E-state index in [1.165, 1.54) is 0 Å². The molecular formula is C27H42O8P2. The van der Waals surface area contributed by atoms with E-state index in [2.05, 4.69) is 41.5 Å². The molecule has 0 aromatic heterocycles. The van der Waals surface area contributed by atoms with E-state index in [0.717, 1.165) is 29.5 Å². The van der Waals surface area contributed by atoms with Crippen LogP contribution in [0.15, 0.2) is 48.5 Å². The van der Waals surface area contributed by atoms with E-state index in [1.807, 2.05) is 48.5 Å². The van der Waals surface area contributed by atoms with Gasteiger partial charge < -0.3 is 38.5 Å². The Morgan fingerprint density at radius 2 is 1.19 bits per heavy atom. The molecule has 0 spiro atoms. The van der Waals surface area contributed by atoms with Crippen LogP contribution >= 0.6 is 17.2 Å². The van der Waals surface area contributed by atoms with Crippen molar-refractivity contribution >= 4 is 17.2 Å². The first-order chi connectivity index (χ1) is 17.3. The van der Waals surface area contributed by atoms with Crippen molar-refractivity contribution in [1.82, 2.24) is 0 Å². The minimum atomic E-state index is -2.75. The molecule has 0 aliphatic rings. The van der Waals surface area contributed by atoms with Crippen LogP contribution in [0, 0.1) is 5.41 Å². The van der Waals surface area contributed by atoms with Gasteiger partial charge in [0.15, 0.2) is 0 Å². The highest BCUT2D eigenvalue weighted by Crippen LogP contribution is 2.47. The van der Waals surface area contributed by atoms with E-state index in [1.54, 1.807) is 0 Å². The summed E-state index contributed by atoms with van der Waals surface area (Å²) >= 11 is 0. The zero-order valence-corrected chi connectivity index (χ0v) is 24.4. The summed E-state index contributed by atoms with van der Waals surface area (Å²) in [6, 6.07) is 15.4. The van der Waals surface area contributed by atoms with E-state index >= 15 is 0 Å². The molecule has 0 saturated carbocycles. The molecule has 0 bridgehead atoms. The van der Waals surface area contributed by atoms with Crippen LogP contribution in [-0.2, 0) is 19.9 Å². The van der Waals surface area contributed by atoms with E-state index in [9.17, 15) is 24.7 Å². The first kappa shape index (κ1) is 32.0. The first-order valence-electron chi connectivity index (χ1n) is 12.4. The van der Waals surface area contributed by atoms with Gasteiger partial charge in [-0.3, -0.25) is 0 Å². The highest BCUT2D eigenvalue weighted by molar-refractivity contribution is 7.39. The molecule has 0 saturated heterocycles. The van der Waals surface area contributed by atoms with E-state index in [-0.39, 0.29) is 24.0 Å². The second-order valence-electron chi connectivity index (χ2n) is 10.6. The van der Waals surface area contributed by atoms with Crippen LogP contribution in [0.2, 0.25) is 0 Å². The third kappa shape index (κ3) is 8.15. The second-order valence-corrected chi connectivity index (χ2v) is 12.2. The number of benzene rings is 2. The Labute approximate surface area is 223 Å². The van der Waals surface area contributed by atoms with Gasteiger partial charge in [0, 0.05) is 0 Å². The summed E-state index contributed by atoms with van der Waals surface area (Å²) in [5, 5.41) is 10.8. The molecule has 0 heterocycles. The fourth-order valence-electron chi connectivity index (χ4n) is 4.24. The van der Waals surface area contributed by atoms with Gasteiger partial charge in [-0.1, -0.05) is 84.0 Å². The molecule has 0 aliphatic heterocycles. The second kappa shape index (κ2) is 13.7. The summed E-state index contributed by atoms with van der Waals surface area (Å²) < 4.78 is 17.3. The number of rotatable bonds is 15. The largest absolute Gasteiger partial charge is 0.485 e. The van der Waals surface area contributed by atoms with Gasteiger partial charge in [-0.15, -0.1) is 0 Å². The average molecular weight is 557 g/mol. The molecule has 37 heavy (non-hydrogen) atoms. The van der Waals surface area contributed by atoms with Gasteiger partial charge in [0.05, 0.1) is 25.2 Å². The van der Waals surface area contributed by atoms with Crippen LogP contribution in [0.4, 0.5) is 0 Å². The molecule has 8 nitrogen and oxygen atoms in total. The lowest BCUT2D eigenvalue weighted by atomic mass is 9.73. The Kier molecular flexibility index (Phi) is 11.9. The summed E-state index contributed by atoms with van der Waals surface area (Å²) in [6.07, 6.45) is 0.776. The van der Waals surface area contributed by atoms with E-state index < -0.39 is 35.3 Å². The molecular weight excluding hydrogens is 514 g/mol. The molecule has 0 amide bonds. The molecule has 0 radical (unpaired) electrons. The zero-order valence-electron chi connectivity index (χ0n) is 22.6. The number of ether oxygens (including phenoxy) is 1. The average Bonchev–Trinajstić information content (AvgIpc) is 2.88. The van der Waals surface area contributed by atoms with Gasteiger partial charge in [0.2, 0.25) is 0 Å². The molecule has 10 heteroatoms. The molecule has 2 aromatic rings. The van der Waals surface area contributed by atoms with E-state index in [0.29, 0.717) is 5.75 Å². The van der Waals surface area contributed by atoms with Crippen LogP contribution in [0.5, 0.6) is 5.75 Å². The lowest BCUT2D eigenvalue weighted by molar-refractivity contribution is -0.0664. The maximum Gasteiger partial charge on any atom is 0.327 e. The number of aliphatic hydroxyl groups excluding tert-OH is 1. The minimum absolute atomic E-state index is 0.215. The SMILES string of the molecule is CCC(C)(C)c1ccccc1OC(c1ccccc1C(C)(C)CC)C(CO)(COP(O)O)COP(O)O. The van der Waals surface area contributed by atoms with Crippen LogP contribution in [0.1, 0.15) is 77.2 Å². The van der Waals surface area contributed by atoms with Crippen LogP contribution in [0.3, 0.4) is 0 Å². The molecule has 2 rings (SSSR count). The third-order valence-electron chi connectivity index (χ3n) is 7.41. The first-order valence-corrected chi connectivity index (χ1v) is 14.7. The normalized spacial score (nSPS) is 13.9. The predicted octanol–water partition coefficient (Wildman–Crippen LogP) is 5.62. The number of para-hydroxylation sites is 1. The topological polar surface area (TPSA) is 129 Å². The molecule has 0 aliphatic carbocycles. The third-order valence-corrected chi connectivity index (χ3v) is 8.13. The van der Waals surface area contributed by atoms with Crippen molar-refractivity contribution in [3.8, 4) is 5.75 Å². The number of aliphatic hydroxyl groups is 1. The van der Waals surface area contributed by atoms with Crippen molar-refractivity contribution in [2.45, 2.75) is 71.3 Å². The molecule has 1 unspecified atom stereocenters. The standard InChI is InChI=1S/C27H42O8P2/c1-7-25(3,4)21-14-10-9-13-20(21)24(27(17-28,18-33-36(29)30)19-34-37(31)32)35-23-16-12-11-15-22(23)26(5,6)8-2/h9-16,24,28-32H,7-8,17-19H2,1-6H3. The summed E-state index contributed by atoms with van der Waals surface area (Å²) in [5.74, 6) is 0.604. The van der Waals surface area contributed by atoms with Crippen molar-refractivity contribution in [3.05, 3.63) is 65.2 Å².